The predicted octanol–water partition coefficient (Wildman–Crippen LogP) is 3.27. The van der Waals surface area contributed by atoms with Gasteiger partial charge in [0.1, 0.15) is 5.75 Å². The van der Waals surface area contributed by atoms with Gasteiger partial charge in [0, 0.05) is 6.04 Å². The summed E-state index contributed by atoms with van der Waals surface area (Å²) in [5, 5.41) is 12.0. The maximum atomic E-state index is 12.3. The van der Waals surface area contributed by atoms with Gasteiger partial charge in [0.15, 0.2) is 6.10 Å². The van der Waals surface area contributed by atoms with Crippen molar-refractivity contribution in [3.8, 4) is 11.8 Å². The Bertz CT molecular complexity index is 564. The smallest absolute Gasteiger partial charge is 0.261 e. The Morgan fingerprint density at radius 2 is 2.18 bits per heavy atom. The summed E-state index contributed by atoms with van der Waals surface area (Å²) in [5.41, 5.74) is 0.528. The molecule has 0 radical (unpaired) electrons. The molecule has 118 valence electrons. The third-order valence-electron chi connectivity index (χ3n) is 4.68. The average Bonchev–Trinajstić information content (AvgIpc) is 2.52. The third-order valence-corrected chi connectivity index (χ3v) is 4.68. The van der Waals surface area contributed by atoms with Crippen LogP contribution in [0, 0.1) is 23.2 Å². The van der Waals surface area contributed by atoms with Gasteiger partial charge >= 0.3 is 0 Å². The Balaban J connectivity index is 1.93. The van der Waals surface area contributed by atoms with E-state index in [1.54, 1.807) is 31.2 Å². The first kappa shape index (κ1) is 16.4. The molecule has 0 spiro atoms. The monoisotopic (exact) mass is 300 g/mol. The summed E-state index contributed by atoms with van der Waals surface area (Å²) < 4.78 is 5.66. The van der Waals surface area contributed by atoms with Crippen molar-refractivity contribution < 1.29 is 9.53 Å². The largest absolute Gasteiger partial charge is 0.481 e. The fourth-order valence-corrected chi connectivity index (χ4v) is 2.98. The first-order valence-corrected chi connectivity index (χ1v) is 7.98. The van der Waals surface area contributed by atoms with Crippen molar-refractivity contribution >= 4 is 5.91 Å². The second-order valence-corrected chi connectivity index (χ2v) is 6.28. The highest BCUT2D eigenvalue weighted by atomic mass is 16.5. The van der Waals surface area contributed by atoms with Crippen LogP contribution in [0.2, 0.25) is 0 Å². The summed E-state index contributed by atoms with van der Waals surface area (Å²) in [7, 11) is 0. The van der Waals surface area contributed by atoms with Crippen molar-refractivity contribution in [3.05, 3.63) is 29.8 Å². The Morgan fingerprint density at radius 1 is 1.41 bits per heavy atom. The van der Waals surface area contributed by atoms with Gasteiger partial charge in [-0.05, 0) is 43.4 Å². The number of benzene rings is 1. The normalized spacial score (nSPS) is 25.8. The minimum absolute atomic E-state index is 0.0895. The molecule has 1 saturated carbocycles. The van der Waals surface area contributed by atoms with Crippen molar-refractivity contribution in [1.29, 1.82) is 5.26 Å². The molecule has 1 aromatic carbocycles. The minimum Gasteiger partial charge on any atom is -0.481 e. The molecule has 1 aliphatic rings. The minimum atomic E-state index is -0.571. The van der Waals surface area contributed by atoms with E-state index in [4.69, 9.17) is 10.00 Å². The molecule has 4 heteroatoms. The molecule has 1 N–H and O–H groups in total. The van der Waals surface area contributed by atoms with Crippen LogP contribution in [0.1, 0.15) is 45.6 Å². The number of rotatable bonds is 4. The number of carbonyl (C=O) groups is 1. The molecule has 1 aliphatic carbocycles. The van der Waals surface area contributed by atoms with Gasteiger partial charge in [0.25, 0.3) is 5.91 Å². The number of hydrogen-bond donors (Lipinski definition) is 1. The van der Waals surface area contributed by atoms with Gasteiger partial charge in [-0.2, -0.15) is 5.26 Å². The third kappa shape index (κ3) is 4.00. The highest BCUT2D eigenvalue weighted by Gasteiger charge is 2.29. The second-order valence-electron chi connectivity index (χ2n) is 6.28. The lowest BCUT2D eigenvalue weighted by atomic mass is 9.78. The fourth-order valence-electron chi connectivity index (χ4n) is 2.98. The lowest BCUT2D eigenvalue weighted by molar-refractivity contribution is -0.128. The van der Waals surface area contributed by atoms with Gasteiger partial charge in [-0.25, -0.2) is 0 Å². The SMILES string of the molecule is CC(Oc1cccc(C#N)c1)C(=O)NC1CCCC(C)C1C. The molecule has 1 aromatic rings. The van der Waals surface area contributed by atoms with Gasteiger partial charge in [0.2, 0.25) is 0 Å². The summed E-state index contributed by atoms with van der Waals surface area (Å²) in [4.78, 5) is 12.3. The van der Waals surface area contributed by atoms with Gasteiger partial charge in [0.05, 0.1) is 11.6 Å². The molecule has 1 fully saturated rings. The Hall–Kier alpha value is -2.02. The van der Waals surface area contributed by atoms with E-state index < -0.39 is 6.10 Å². The molecule has 0 heterocycles. The maximum Gasteiger partial charge on any atom is 0.261 e. The van der Waals surface area contributed by atoms with E-state index in [9.17, 15) is 4.79 Å². The van der Waals surface area contributed by atoms with Crippen molar-refractivity contribution in [1.82, 2.24) is 5.32 Å². The molecular weight excluding hydrogens is 276 g/mol. The summed E-state index contributed by atoms with van der Waals surface area (Å²) in [6, 6.07) is 9.17. The lowest BCUT2D eigenvalue weighted by Crippen LogP contribution is -2.48. The molecule has 22 heavy (non-hydrogen) atoms. The van der Waals surface area contributed by atoms with Crippen LogP contribution in [0.3, 0.4) is 0 Å². The van der Waals surface area contributed by atoms with Crippen LogP contribution in [-0.4, -0.2) is 18.1 Å². The standard InChI is InChI=1S/C18H24N2O2/c1-12-6-4-9-17(13(12)2)20-18(21)14(3)22-16-8-5-7-15(10-16)11-19/h5,7-8,10,12-14,17H,4,6,9H2,1-3H3,(H,20,21). The highest BCUT2D eigenvalue weighted by molar-refractivity contribution is 5.81. The number of ether oxygens (including phenoxy) is 1. The fraction of sp³-hybridized carbons (Fsp3) is 0.556. The number of nitrogens with zero attached hydrogens (tertiary/aromatic N) is 1. The van der Waals surface area contributed by atoms with E-state index in [0.29, 0.717) is 23.1 Å². The summed E-state index contributed by atoms with van der Waals surface area (Å²) >= 11 is 0. The van der Waals surface area contributed by atoms with Crippen LogP contribution in [0.5, 0.6) is 5.75 Å². The van der Waals surface area contributed by atoms with Crippen LogP contribution < -0.4 is 10.1 Å². The maximum absolute atomic E-state index is 12.3. The van der Waals surface area contributed by atoms with E-state index in [0.717, 1.165) is 12.8 Å². The van der Waals surface area contributed by atoms with E-state index in [2.05, 4.69) is 25.2 Å². The zero-order chi connectivity index (χ0) is 16.1. The molecule has 4 nitrogen and oxygen atoms in total. The summed E-state index contributed by atoms with van der Waals surface area (Å²) in [5.74, 6) is 1.59. The number of carbonyl (C=O) groups excluding carboxylic acids is 1. The molecule has 0 bridgehead atoms. The van der Waals surface area contributed by atoms with Crippen molar-refractivity contribution in [2.75, 3.05) is 0 Å². The van der Waals surface area contributed by atoms with Crippen LogP contribution in [0.15, 0.2) is 24.3 Å². The van der Waals surface area contributed by atoms with Crippen LogP contribution in [0.25, 0.3) is 0 Å². The lowest BCUT2D eigenvalue weighted by Gasteiger charge is -2.35. The number of nitrogens with one attached hydrogen (secondary N) is 1. The summed E-state index contributed by atoms with van der Waals surface area (Å²) in [6.07, 6.45) is 2.86. The van der Waals surface area contributed by atoms with Crippen molar-refractivity contribution in [3.63, 3.8) is 0 Å². The molecule has 0 saturated heterocycles. The van der Waals surface area contributed by atoms with Gasteiger partial charge in [-0.3, -0.25) is 4.79 Å². The number of nitriles is 1. The van der Waals surface area contributed by atoms with Gasteiger partial charge in [-0.1, -0.05) is 32.8 Å². The van der Waals surface area contributed by atoms with Gasteiger partial charge in [-0.15, -0.1) is 0 Å². The van der Waals surface area contributed by atoms with Crippen molar-refractivity contribution in [2.45, 2.75) is 52.2 Å². The first-order valence-electron chi connectivity index (χ1n) is 7.98. The quantitative estimate of drug-likeness (QED) is 0.928. The molecule has 4 atom stereocenters. The molecule has 0 aromatic heterocycles. The Labute approximate surface area is 132 Å². The average molecular weight is 300 g/mol. The topological polar surface area (TPSA) is 62.1 Å². The van der Waals surface area contributed by atoms with Gasteiger partial charge < -0.3 is 10.1 Å². The van der Waals surface area contributed by atoms with Crippen LogP contribution in [-0.2, 0) is 4.79 Å². The predicted molar refractivity (Wildman–Crippen MR) is 85.4 cm³/mol. The second kappa shape index (κ2) is 7.31. The Morgan fingerprint density at radius 3 is 2.91 bits per heavy atom. The first-order chi connectivity index (χ1) is 10.5. The molecule has 0 aliphatic heterocycles. The van der Waals surface area contributed by atoms with E-state index >= 15 is 0 Å². The Kier molecular flexibility index (Phi) is 5.43. The van der Waals surface area contributed by atoms with E-state index in [-0.39, 0.29) is 11.9 Å². The molecule has 2 rings (SSSR count). The zero-order valence-electron chi connectivity index (χ0n) is 13.5. The summed E-state index contributed by atoms with van der Waals surface area (Å²) in [6.45, 7) is 6.19. The number of hydrogen-bond acceptors (Lipinski definition) is 3. The van der Waals surface area contributed by atoms with Crippen LogP contribution >= 0.6 is 0 Å². The number of amides is 1. The zero-order valence-corrected chi connectivity index (χ0v) is 13.5. The van der Waals surface area contributed by atoms with E-state index in [1.807, 2.05) is 0 Å². The van der Waals surface area contributed by atoms with Crippen molar-refractivity contribution in [2.24, 2.45) is 11.8 Å². The highest BCUT2D eigenvalue weighted by Crippen LogP contribution is 2.29. The molecule has 4 unspecified atom stereocenters. The van der Waals surface area contributed by atoms with Crippen LogP contribution in [0.4, 0.5) is 0 Å². The molecule has 1 amide bonds. The van der Waals surface area contributed by atoms with E-state index in [1.165, 1.54) is 6.42 Å². The molecular formula is C18H24N2O2.